The Bertz CT molecular complexity index is 593. The summed E-state index contributed by atoms with van der Waals surface area (Å²) in [6, 6.07) is 13.8. The molecule has 5 N–H and O–H groups in total. The number of anilines is 2. The van der Waals surface area contributed by atoms with E-state index in [1.807, 2.05) is 42.5 Å². The van der Waals surface area contributed by atoms with Crippen LogP contribution in [0.1, 0.15) is 31.4 Å². The molecule has 2 rings (SSSR count). The zero-order valence-electron chi connectivity index (χ0n) is 12.3. The van der Waals surface area contributed by atoms with E-state index in [-0.39, 0.29) is 6.04 Å². The van der Waals surface area contributed by atoms with Gasteiger partial charge in [0.05, 0.1) is 5.69 Å². The quantitative estimate of drug-likeness (QED) is 0.758. The Morgan fingerprint density at radius 3 is 2.67 bits per heavy atom. The van der Waals surface area contributed by atoms with E-state index in [2.05, 4.69) is 23.3 Å². The molecule has 0 aliphatic heterocycles. The predicted molar refractivity (Wildman–Crippen MR) is 88.6 cm³/mol. The Hall–Kier alpha value is -2.33. The van der Waals surface area contributed by atoms with Gasteiger partial charge in [-0.25, -0.2) is 4.98 Å². The van der Waals surface area contributed by atoms with E-state index in [0.717, 1.165) is 29.8 Å². The fourth-order valence-electron chi connectivity index (χ4n) is 2.18. The second-order valence-corrected chi connectivity index (χ2v) is 4.92. The topological polar surface area (TPSA) is 77.0 Å². The van der Waals surface area contributed by atoms with Crippen molar-refractivity contribution in [3.8, 4) is 0 Å². The Labute approximate surface area is 125 Å². The SMILES string of the molecule is CC/C=C(/CC(N)c1ccccc1)Nc1cccnc1N. The Balaban J connectivity index is 2.10. The van der Waals surface area contributed by atoms with Crippen molar-refractivity contribution in [1.82, 2.24) is 4.98 Å². The number of aromatic nitrogens is 1. The minimum absolute atomic E-state index is 0.0469. The van der Waals surface area contributed by atoms with Crippen LogP contribution in [-0.2, 0) is 0 Å². The van der Waals surface area contributed by atoms with Crippen LogP contribution in [0, 0.1) is 0 Å². The lowest BCUT2D eigenvalue weighted by Crippen LogP contribution is -2.14. The van der Waals surface area contributed by atoms with Crippen LogP contribution in [0.3, 0.4) is 0 Å². The van der Waals surface area contributed by atoms with E-state index < -0.39 is 0 Å². The van der Waals surface area contributed by atoms with Crippen LogP contribution >= 0.6 is 0 Å². The van der Waals surface area contributed by atoms with Crippen LogP contribution in [0.25, 0.3) is 0 Å². The third-order valence-corrected chi connectivity index (χ3v) is 3.25. The number of rotatable bonds is 6. The molecule has 1 heterocycles. The molecule has 0 radical (unpaired) electrons. The zero-order chi connectivity index (χ0) is 15.1. The average Bonchev–Trinajstić information content (AvgIpc) is 2.50. The van der Waals surface area contributed by atoms with Crippen LogP contribution in [0.2, 0.25) is 0 Å². The molecule has 4 nitrogen and oxygen atoms in total. The summed E-state index contributed by atoms with van der Waals surface area (Å²) in [6.07, 6.45) is 5.48. The molecule has 0 aliphatic carbocycles. The van der Waals surface area contributed by atoms with Crippen LogP contribution < -0.4 is 16.8 Å². The number of allylic oxidation sites excluding steroid dienone is 1. The summed E-state index contributed by atoms with van der Waals surface area (Å²) in [5.74, 6) is 0.493. The molecule has 1 unspecified atom stereocenters. The van der Waals surface area contributed by atoms with Gasteiger partial charge in [-0.2, -0.15) is 0 Å². The summed E-state index contributed by atoms with van der Waals surface area (Å²) in [4.78, 5) is 4.09. The van der Waals surface area contributed by atoms with Crippen LogP contribution in [0.15, 0.2) is 60.4 Å². The first-order chi connectivity index (χ1) is 10.2. The molecule has 2 aromatic rings. The standard InChI is InChI=1S/C17H22N4/c1-2-7-14(21-16-10-6-11-20-17(16)19)12-15(18)13-8-4-3-5-9-13/h3-11,15,21H,2,12,18H2,1H3,(H2,19,20)/b14-7-. The smallest absolute Gasteiger partial charge is 0.147 e. The van der Waals surface area contributed by atoms with Crippen molar-refractivity contribution < 1.29 is 0 Å². The number of hydrogen-bond donors (Lipinski definition) is 3. The normalized spacial score (nSPS) is 13.0. The maximum atomic E-state index is 6.29. The molecule has 1 atom stereocenters. The largest absolute Gasteiger partial charge is 0.382 e. The van der Waals surface area contributed by atoms with Crippen molar-refractivity contribution in [3.63, 3.8) is 0 Å². The second kappa shape index (κ2) is 7.45. The van der Waals surface area contributed by atoms with Crippen LogP contribution in [-0.4, -0.2) is 4.98 Å². The third-order valence-electron chi connectivity index (χ3n) is 3.25. The molecule has 0 spiro atoms. The van der Waals surface area contributed by atoms with Gasteiger partial charge >= 0.3 is 0 Å². The maximum Gasteiger partial charge on any atom is 0.147 e. The summed E-state index contributed by atoms with van der Waals surface area (Å²) in [5, 5.41) is 3.34. The highest BCUT2D eigenvalue weighted by Gasteiger charge is 2.10. The fourth-order valence-corrected chi connectivity index (χ4v) is 2.18. The van der Waals surface area contributed by atoms with Gasteiger partial charge in [-0.15, -0.1) is 0 Å². The number of pyridine rings is 1. The summed E-state index contributed by atoms with van der Waals surface area (Å²) in [6.45, 7) is 2.10. The van der Waals surface area contributed by atoms with Crippen molar-refractivity contribution >= 4 is 11.5 Å². The van der Waals surface area contributed by atoms with Crippen molar-refractivity contribution in [3.05, 3.63) is 66.0 Å². The van der Waals surface area contributed by atoms with Crippen molar-refractivity contribution in [1.29, 1.82) is 0 Å². The lowest BCUT2D eigenvalue weighted by molar-refractivity contribution is 0.715. The van der Waals surface area contributed by atoms with E-state index in [1.165, 1.54) is 0 Å². The molecular weight excluding hydrogens is 260 g/mol. The van der Waals surface area contributed by atoms with Crippen molar-refractivity contribution in [2.45, 2.75) is 25.8 Å². The van der Waals surface area contributed by atoms with E-state index in [1.54, 1.807) is 6.20 Å². The van der Waals surface area contributed by atoms with E-state index in [0.29, 0.717) is 5.82 Å². The van der Waals surface area contributed by atoms with Crippen LogP contribution in [0.4, 0.5) is 11.5 Å². The third kappa shape index (κ3) is 4.33. The fraction of sp³-hybridized carbons (Fsp3) is 0.235. The first-order valence-electron chi connectivity index (χ1n) is 7.17. The van der Waals surface area contributed by atoms with Crippen molar-refractivity contribution in [2.24, 2.45) is 5.73 Å². The average molecular weight is 282 g/mol. The summed E-state index contributed by atoms with van der Waals surface area (Å²) < 4.78 is 0. The van der Waals surface area contributed by atoms with E-state index in [4.69, 9.17) is 11.5 Å². The van der Waals surface area contributed by atoms with E-state index >= 15 is 0 Å². The van der Waals surface area contributed by atoms with Gasteiger partial charge in [-0.05, 0) is 24.1 Å². The molecular formula is C17H22N4. The Kier molecular flexibility index (Phi) is 5.35. The first kappa shape index (κ1) is 15.1. The molecule has 21 heavy (non-hydrogen) atoms. The van der Waals surface area contributed by atoms with Gasteiger partial charge in [-0.3, -0.25) is 0 Å². The zero-order valence-corrected chi connectivity index (χ0v) is 12.3. The van der Waals surface area contributed by atoms with Gasteiger partial charge in [0.15, 0.2) is 0 Å². The van der Waals surface area contributed by atoms with Gasteiger partial charge in [0.2, 0.25) is 0 Å². The summed E-state index contributed by atoms with van der Waals surface area (Å²) in [5.41, 5.74) is 15.2. The number of benzene rings is 1. The van der Waals surface area contributed by atoms with Crippen molar-refractivity contribution in [2.75, 3.05) is 11.1 Å². The molecule has 0 aliphatic rings. The first-order valence-corrected chi connectivity index (χ1v) is 7.17. The molecule has 1 aromatic heterocycles. The molecule has 0 saturated heterocycles. The van der Waals surface area contributed by atoms with Gasteiger partial charge < -0.3 is 16.8 Å². The predicted octanol–water partition coefficient (Wildman–Crippen LogP) is 3.46. The van der Waals surface area contributed by atoms with E-state index in [9.17, 15) is 0 Å². The molecule has 4 heteroatoms. The van der Waals surface area contributed by atoms with Gasteiger partial charge in [0, 0.05) is 24.4 Å². The number of nitrogen functional groups attached to an aromatic ring is 1. The second-order valence-electron chi connectivity index (χ2n) is 4.92. The lowest BCUT2D eigenvalue weighted by Gasteiger charge is -2.17. The van der Waals surface area contributed by atoms with Gasteiger partial charge in [0.25, 0.3) is 0 Å². The Morgan fingerprint density at radius 1 is 1.24 bits per heavy atom. The Morgan fingerprint density at radius 2 is 2.00 bits per heavy atom. The molecule has 0 amide bonds. The molecule has 110 valence electrons. The number of nitrogens with two attached hydrogens (primary N) is 2. The maximum absolute atomic E-state index is 6.29. The highest BCUT2D eigenvalue weighted by molar-refractivity contribution is 5.63. The van der Waals surface area contributed by atoms with Crippen LogP contribution in [0.5, 0.6) is 0 Å². The van der Waals surface area contributed by atoms with Gasteiger partial charge in [-0.1, -0.05) is 43.3 Å². The minimum atomic E-state index is -0.0469. The number of hydrogen-bond acceptors (Lipinski definition) is 4. The summed E-state index contributed by atoms with van der Waals surface area (Å²) in [7, 11) is 0. The lowest BCUT2D eigenvalue weighted by atomic mass is 10.0. The van der Waals surface area contributed by atoms with Gasteiger partial charge in [0.1, 0.15) is 5.82 Å². The monoisotopic (exact) mass is 282 g/mol. The minimum Gasteiger partial charge on any atom is -0.382 e. The molecule has 1 aromatic carbocycles. The molecule has 0 bridgehead atoms. The highest BCUT2D eigenvalue weighted by Crippen LogP contribution is 2.23. The highest BCUT2D eigenvalue weighted by atomic mass is 15.0. The summed E-state index contributed by atoms with van der Waals surface area (Å²) >= 11 is 0. The number of nitrogens with one attached hydrogen (secondary N) is 1. The molecule has 0 fully saturated rings. The molecule has 0 saturated carbocycles. The number of nitrogens with zero attached hydrogens (tertiary/aromatic N) is 1.